The SMILES string of the molecule is CCCCCCCCCCC(C)OOB(OOC(C)CCCCCCCCCC)OC(C)CCCCCCCCCC. The lowest BCUT2D eigenvalue weighted by molar-refractivity contribution is -0.330. The average molecular weight is 599 g/mol. The largest absolute Gasteiger partial charge is 0.696 e. The normalized spacial score (nSPS) is 13.9. The highest BCUT2D eigenvalue weighted by Gasteiger charge is 2.29. The maximum Gasteiger partial charge on any atom is 0.696 e. The van der Waals surface area contributed by atoms with E-state index in [-0.39, 0.29) is 18.3 Å². The fourth-order valence-corrected chi connectivity index (χ4v) is 5.39. The molecule has 0 aliphatic carbocycles. The quantitative estimate of drug-likeness (QED) is 0.0314. The van der Waals surface area contributed by atoms with Crippen molar-refractivity contribution in [1.29, 1.82) is 0 Å². The van der Waals surface area contributed by atoms with Crippen molar-refractivity contribution >= 4 is 7.32 Å². The fourth-order valence-electron chi connectivity index (χ4n) is 5.39. The Morgan fingerprint density at radius 1 is 0.357 bits per heavy atom. The number of unbranched alkanes of at least 4 members (excludes halogenated alkanes) is 21. The van der Waals surface area contributed by atoms with Crippen LogP contribution < -0.4 is 0 Å². The second kappa shape index (κ2) is 33.8. The summed E-state index contributed by atoms with van der Waals surface area (Å²) in [7, 11) is -0.962. The molecule has 3 unspecified atom stereocenters. The second-order valence-electron chi connectivity index (χ2n) is 13.0. The molecule has 0 aromatic carbocycles. The van der Waals surface area contributed by atoms with Crippen LogP contribution in [0.15, 0.2) is 0 Å². The van der Waals surface area contributed by atoms with Gasteiger partial charge in [0.15, 0.2) is 0 Å². The molecule has 42 heavy (non-hydrogen) atoms. The van der Waals surface area contributed by atoms with E-state index in [1.54, 1.807) is 0 Å². The summed E-state index contributed by atoms with van der Waals surface area (Å²) in [6, 6.07) is 0. The molecule has 0 heterocycles. The number of hydrogen-bond donors (Lipinski definition) is 0. The Morgan fingerprint density at radius 2 is 0.619 bits per heavy atom. The van der Waals surface area contributed by atoms with Gasteiger partial charge in [-0.15, -0.1) is 0 Å². The molecular formula is C36H75BO5. The topological polar surface area (TPSA) is 46.2 Å². The van der Waals surface area contributed by atoms with Gasteiger partial charge >= 0.3 is 7.32 Å². The third kappa shape index (κ3) is 31.3. The smallest absolute Gasteiger partial charge is 0.380 e. The second-order valence-corrected chi connectivity index (χ2v) is 13.0. The lowest BCUT2D eigenvalue weighted by Crippen LogP contribution is -2.34. The molecule has 0 rings (SSSR count). The summed E-state index contributed by atoms with van der Waals surface area (Å²) >= 11 is 0. The molecule has 6 heteroatoms. The van der Waals surface area contributed by atoms with Crippen molar-refractivity contribution in [3.63, 3.8) is 0 Å². The lowest BCUT2D eigenvalue weighted by atomic mass is 10.1. The molecule has 0 saturated carbocycles. The van der Waals surface area contributed by atoms with Crippen LogP contribution in [0.3, 0.4) is 0 Å². The zero-order valence-electron chi connectivity index (χ0n) is 29.4. The van der Waals surface area contributed by atoms with Gasteiger partial charge < -0.3 is 4.65 Å². The van der Waals surface area contributed by atoms with E-state index < -0.39 is 7.32 Å². The summed E-state index contributed by atoms with van der Waals surface area (Å²) in [6.07, 6.45) is 34.4. The van der Waals surface area contributed by atoms with E-state index >= 15 is 0 Å². The molecule has 0 bridgehead atoms. The Kier molecular flexibility index (Phi) is 33.6. The van der Waals surface area contributed by atoms with Crippen molar-refractivity contribution in [2.45, 2.75) is 233 Å². The maximum atomic E-state index is 6.10. The summed E-state index contributed by atoms with van der Waals surface area (Å²) in [5.41, 5.74) is 0. The monoisotopic (exact) mass is 599 g/mol. The van der Waals surface area contributed by atoms with E-state index in [1.807, 2.05) is 0 Å². The van der Waals surface area contributed by atoms with E-state index in [2.05, 4.69) is 41.5 Å². The van der Waals surface area contributed by atoms with Gasteiger partial charge in [0.2, 0.25) is 0 Å². The van der Waals surface area contributed by atoms with Crippen molar-refractivity contribution in [3.05, 3.63) is 0 Å². The average Bonchev–Trinajstić information content (AvgIpc) is 2.98. The first-order chi connectivity index (χ1) is 20.5. The molecule has 0 spiro atoms. The molecule has 0 amide bonds. The van der Waals surface area contributed by atoms with Gasteiger partial charge in [0.25, 0.3) is 0 Å². The van der Waals surface area contributed by atoms with E-state index in [9.17, 15) is 0 Å². The third-order valence-corrected chi connectivity index (χ3v) is 8.33. The van der Waals surface area contributed by atoms with Crippen LogP contribution in [0.1, 0.15) is 215 Å². The molecular weight excluding hydrogens is 523 g/mol. The minimum Gasteiger partial charge on any atom is -0.380 e. The first kappa shape index (κ1) is 41.9. The Morgan fingerprint density at radius 3 is 0.929 bits per heavy atom. The minimum absolute atomic E-state index is 0.00226. The van der Waals surface area contributed by atoms with E-state index in [4.69, 9.17) is 24.0 Å². The number of hydrogen-bond acceptors (Lipinski definition) is 5. The molecule has 0 aromatic heterocycles. The maximum absolute atomic E-state index is 6.10. The lowest BCUT2D eigenvalue weighted by Gasteiger charge is -2.21. The summed E-state index contributed by atoms with van der Waals surface area (Å²) in [6.45, 7) is 13.0. The Labute approximate surface area is 264 Å². The van der Waals surface area contributed by atoms with Crippen molar-refractivity contribution in [2.75, 3.05) is 0 Å². The predicted molar refractivity (Wildman–Crippen MR) is 181 cm³/mol. The third-order valence-electron chi connectivity index (χ3n) is 8.33. The van der Waals surface area contributed by atoms with Crippen molar-refractivity contribution in [1.82, 2.24) is 0 Å². The molecule has 0 fully saturated rings. The fraction of sp³-hybridized carbons (Fsp3) is 1.00. The minimum atomic E-state index is -0.962. The highest BCUT2D eigenvalue weighted by Crippen LogP contribution is 2.17. The zero-order valence-corrected chi connectivity index (χ0v) is 29.4. The van der Waals surface area contributed by atoms with Crippen LogP contribution in [0.25, 0.3) is 0 Å². The van der Waals surface area contributed by atoms with Gasteiger partial charge in [0, 0.05) is 6.10 Å². The van der Waals surface area contributed by atoms with Crippen LogP contribution in [0, 0.1) is 0 Å². The first-order valence-corrected chi connectivity index (χ1v) is 18.8. The van der Waals surface area contributed by atoms with Gasteiger partial charge in [0.1, 0.15) is 0 Å². The van der Waals surface area contributed by atoms with Gasteiger partial charge in [-0.25, -0.2) is 19.4 Å². The van der Waals surface area contributed by atoms with E-state index in [1.165, 1.54) is 135 Å². The van der Waals surface area contributed by atoms with Gasteiger partial charge in [-0.1, -0.05) is 175 Å². The highest BCUT2D eigenvalue weighted by molar-refractivity contribution is 6.35. The van der Waals surface area contributed by atoms with Crippen molar-refractivity contribution < 1.29 is 24.0 Å². The molecule has 0 aliphatic rings. The van der Waals surface area contributed by atoms with Gasteiger partial charge in [0.05, 0.1) is 12.2 Å². The van der Waals surface area contributed by atoms with Crippen LogP contribution in [0.4, 0.5) is 0 Å². The van der Waals surface area contributed by atoms with E-state index in [0.717, 1.165) is 38.5 Å². The van der Waals surface area contributed by atoms with Gasteiger partial charge in [-0.3, -0.25) is 0 Å². The van der Waals surface area contributed by atoms with Crippen LogP contribution >= 0.6 is 0 Å². The van der Waals surface area contributed by atoms with Crippen LogP contribution in [-0.4, -0.2) is 25.6 Å². The van der Waals surface area contributed by atoms with Crippen LogP contribution in [0.2, 0.25) is 0 Å². The van der Waals surface area contributed by atoms with Gasteiger partial charge in [-0.2, -0.15) is 0 Å². The first-order valence-electron chi connectivity index (χ1n) is 18.8. The Bertz CT molecular complexity index is 479. The molecule has 3 atom stereocenters. The molecule has 5 nitrogen and oxygen atoms in total. The van der Waals surface area contributed by atoms with Crippen molar-refractivity contribution in [2.24, 2.45) is 0 Å². The van der Waals surface area contributed by atoms with Crippen molar-refractivity contribution in [3.8, 4) is 0 Å². The summed E-state index contributed by atoms with van der Waals surface area (Å²) in [5.74, 6) is 0. The Balaban J connectivity index is 4.32. The van der Waals surface area contributed by atoms with Gasteiger partial charge in [-0.05, 0) is 40.0 Å². The molecule has 0 aliphatic heterocycles. The standard InChI is InChI=1S/C36H75BO5/c1-7-10-13-16-19-22-25-28-31-34(4)38-37(41-39-35(5)32-29-26-23-20-17-14-11-8-2)42-40-36(6)33-30-27-24-21-18-15-12-9-3/h34-36H,7-33H2,1-6H3. The highest BCUT2D eigenvalue weighted by atomic mass is 17.3. The summed E-state index contributed by atoms with van der Waals surface area (Å²) in [4.78, 5) is 22.7. The molecule has 0 N–H and O–H groups in total. The zero-order chi connectivity index (χ0) is 30.9. The summed E-state index contributed by atoms with van der Waals surface area (Å²) in [5, 5.41) is 0. The van der Waals surface area contributed by atoms with E-state index in [0.29, 0.717) is 0 Å². The molecule has 0 aromatic rings. The van der Waals surface area contributed by atoms with Crippen LogP contribution in [0.5, 0.6) is 0 Å². The molecule has 252 valence electrons. The molecule has 0 saturated heterocycles. The summed E-state index contributed by atoms with van der Waals surface area (Å²) < 4.78 is 6.10. The number of rotatable bonds is 35. The Hall–Kier alpha value is -0.135. The predicted octanol–water partition coefficient (Wildman–Crippen LogP) is 12.6. The molecule has 0 radical (unpaired) electrons. The van der Waals surface area contributed by atoms with Crippen LogP contribution in [-0.2, 0) is 24.0 Å².